The lowest BCUT2D eigenvalue weighted by atomic mass is 10.1. The molecule has 0 aliphatic heterocycles. The minimum Gasteiger partial charge on any atom is -0.314 e. The summed E-state index contributed by atoms with van der Waals surface area (Å²) in [6.45, 7) is 7.81. The predicted octanol–water partition coefficient (Wildman–Crippen LogP) is 2.92. The third-order valence-electron chi connectivity index (χ3n) is 2.00. The average Bonchev–Trinajstić information content (AvgIpc) is 2.53. The highest BCUT2D eigenvalue weighted by Gasteiger charge is 2.04. The molecule has 1 aromatic heterocycles. The van der Waals surface area contributed by atoms with Gasteiger partial charge in [-0.1, -0.05) is 26.8 Å². The summed E-state index contributed by atoms with van der Waals surface area (Å²) in [5.41, 5.74) is 0. The minimum atomic E-state index is 0.603. The summed E-state index contributed by atoms with van der Waals surface area (Å²) in [5.74, 6) is 0.737. The lowest BCUT2D eigenvalue weighted by Gasteiger charge is -2.13. The number of thiophene rings is 1. The molecule has 0 radical (unpaired) electrons. The van der Waals surface area contributed by atoms with Crippen LogP contribution in [0, 0.1) is 5.92 Å². The number of rotatable bonds is 5. The van der Waals surface area contributed by atoms with Gasteiger partial charge in [0.15, 0.2) is 0 Å². The van der Waals surface area contributed by atoms with Gasteiger partial charge < -0.3 is 5.32 Å². The van der Waals surface area contributed by atoms with Crippen molar-refractivity contribution < 1.29 is 0 Å². The third kappa shape index (κ3) is 4.44. The molecule has 1 atom stereocenters. The molecule has 1 rings (SSSR count). The highest BCUT2D eigenvalue weighted by atomic mass is 32.1. The molecule has 2 heteroatoms. The standard InChI is InChI=1S/C11H19NS/c1-9(2)12-8-10(3)7-11-5-4-6-13-11/h4-6,9-10,12H,7-8H2,1-3H3. The first kappa shape index (κ1) is 10.7. The third-order valence-corrected chi connectivity index (χ3v) is 2.90. The van der Waals surface area contributed by atoms with Crippen LogP contribution < -0.4 is 5.32 Å². The van der Waals surface area contributed by atoms with E-state index in [1.807, 2.05) is 11.3 Å². The predicted molar refractivity (Wildman–Crippen MR) is 60.3 cm³/mol. The van der Waals surface area contributed by atoms with Crippen LogP contribution in [0.25, 0.3) is 0 Å². The Labute approximate surface area is 85.2 Å². The van der Waals surface area contributed by atoms with Crippen LogP contribution >= 0.6 is 11.3 Å². The maximum absolute atomic E-state index is 3.46. The highest BCUT2D eigenvalue weighted by molar-refractivity contribution is 7.09. The van der Waals surface area contributed by atoms with Gasteiger partial charge in [0.05, 0.1) is 0 Å². The van der Waals surface area contributed by atoms with Gasteiger partial charge in [0, 0.05) is 10.9 Å². The van der Waals surface area contributed by atoms with Crippen LogP contribution in [0.5, 0.6) is 0 Å². The monoisotopic (exact) mass is 197 g/mol. The Bertz CT molecular complexity index is 216. The SMILES string of the molecule is CC(CNC(C)C)Cc1cccs1. The average molecular weight is 197 g/mol. The van der Waals surface area contributed by atoms with Crippen molar-refractivity contribution in [3.63, 3.8) is 0 Å². The van der Waals surface area contributed by atoms with Crippen molar-refractivity contribution in [1.29, 1.82) is 0 Å². The Kier molecular flexibility index (Phi) is 4.46. The Morgan fingerprint density at radius 2 is 2.15 bits per heavy atom. The Balaban J connectivity index is 2.22. The normalized spacial score (nSPS) is 13.5. The maximum atomic E-state index is 3.46. The minimum absolute atomic E-state index is 0.603. The number of hydrogen-bond acceptors (Lipinski definition) is 2. The molecule has 1 unspecified atom stereocenters. The fourth-order valence-electron chi connectivity index (χ4n) is 1.28. The molecule has 0 aliphatic rings. The second-order valence-corrected chi connectivity index (χ2v) is 4.98. The van der Waals surface area contributed by atoms with Gasteiger partial charge in [-0.25, -0.2) is 0 Å². The van der Waals surface area contributed by atoms with Crippen molar-refractivity contribution in [2.75, 3.05) is 6.54 Å². The lowest BCUT2D eigenvalue weighted by molar-refractivity contribution is 0.478. The summed E-state index contributed by atoms with van der Waals surface area (Å²) in [6, 6.07) is 4.95. The fraction of sp³-hybridized carbons (Fsp3) is 0.636. The summed E-state index contributed by atoms with van der Waals surface area (Å²) in [6.07, 6.45) is 1.21. The van der Waals surface area contributed by atoms with Crippen LogP contribution in [0.2, 0.25) is 0 Å². The van der Waals surface area contributed by atoms with Gasteiger partial charge in [0.25, 0.3) is 0 Å². The maximum Gasteiger partial charge on any atom is 0.00483 e. The van der Waals surface area contributed by atoms with Crippen molar-refractivity contribution in [3.05, 3.63) is 22.4 Å². The van der Waals surface area contributed by atoms with Crippen LogP contribution in [0.4, 0.5) is 0 Å². The molecule has 74 valence electrons. The van der Waals surface area contributed by atoms with Crippen LogP contribution in [-0.4, -0.2) is 12.6 Å². The number of hydrogen-bond donors (Lipinski definition) is 1. The van der Waals surface area contributed by atoms with Crippen molar-refractivity contribution in [3.8, 4) is 0 Å². The first-order chi connectivity index (χ1) is 6.18. The molecule has 1 nitrogen and oxygen atoms in total. The summed E-state index contributed by atoms with van der Waals surface area (Å²) in [4.78, 5) is 1.50. The quantitative estimate of drug-likeness (QED) is 0.765. The topological polar surface area (TPSA) is 12.0 Å². The Hall–Kier alpha value is -0.340. The largest absolute Gasteiger partial charge is 0.314 e. The van der Waals surface area contributed by atoms with Crippen LogP contribution in [0.15, 0.2) is 17.5 Å². The Morgan fingerprint density at radius 1 is 1.38 bits per heavy atom. The molecule has 1 N–H and O–H groups in total. The highest BCUT2D eigenvalue weighted by Crippen LogP contribution is 2.13. The van der Waals surface area contributed by atoms with E-state index in [0.29, 0.717) is 6.04 Å². The molecule has 0 spiro atoms. The van der Waals surface area contributed by atoms with Crippen molar-refractivity contribution >= 4 is 11.3 Å². The van der Waals surface area contributed by atoms with E-state index >= 15 is 0 Å². The van der Waals surface area contributed by atoms with E-state index in [2.05, 4.69) is 43.6 Å². The first-order valence-electron chi connectivity index (χ1n) is 4.94. The first-order valence-corrected chi connectivity index (χ1v) is 5.82. The Morgan fingerprint density at radius 3 is 2.69 bits per heavy atom. The second kappa shape index (κ2) is 5.40. The summed E-state index contributed by atoms with van der Waals surface area (Å²) in [5, 5.41) is 5.61. The van der Waals surface area contributed by atoms with Crippen molar-refractivity contribution in [1.82, 2.24) is 5.32 Å². The molecular formula is C11H19NS. The van der Waals surface area contributed by atoms with Gasteiger partial charge in [-0.3, -0.25) is 0 Å². The lowest BCUT2D eigenvalue weighted by Crippen LogP contribution is -2.28. The molecule has 1 aromatic rings. The smallest absolute Gasteiger partial charge is 0.00483 e. The van der Waals surface area contributed by atoms with Crippen LogP contribution in [0.1, 0.15) is 25.6 Å². The summed E-state index contributed by atoms with van der Waals surface area (Å²) < 4.78 is 0. The van der Waals surface area contributed by atoms with Gasteiger partial charge in [-0.15, -0.1) is 11.3 Å². The van der Waals surface area contributed by atoms with Crippen molar-refractivity contribution in [2.24, 2.45) is 5.92 Å². The van der Waals surface area contributed by atoms with Gasteiger partial charge >= 0.3 is 0 Å². The van der Waals surface area contributed by atoms with Gasteiger partial charge in [0.2, 0.25) is 0 Å². The van der Waals surface area contributed by atoms with E-state index in [1.165, 1.54) is 11.3 Å². The molecule has 1 heterocycles. The molecule has 13 heavy (non-hydrogen) atoms. The van der Waals surface area contributed by atoms with E-state index in [4.69, 9.17) is 0 Å². The number of nitrogens with one attached hydrogen (secondary N) is 1. The van der Waals surface area contributed by atoms with E-state index in [-0.39, 0.29) is 0 Å². The summed E-state index contributed by atoms with van der Waals surface area (Å²) in [7, 11) is 0. The van der Waals surface area contributed by atoms with E-state index < -0.39 is 0 Å². The molecular weight excluding hydrogens is 178 g/mol. The molecule has 0 bridgehead atoms. The second-order valence-electron chi connectivity index (χ2n) is 3.95. The van der Waals surface area contributed by atoms with Gasteiger partial charge in [0.1, 0.15) is 0 Å². The van der Waals surface area contributed by atoms with E-state index in [0.717, 1.165) is 12.5 Å². The zero-order valence-electron chi connectivity index (χ0n) is 8.71. The van der Waals surface area contributed by atoms with Crippen LogP contribution in [-0.2, 0) is 6.42 Å². The van der Waals surface area contributed by atoms with E-state index in [9.17, 15) is 0 Å². The molecule has 0 saturated heterocycles. The van der Waals surface area contributed by atoms with E-state index in [1.54, 1.807) is 0 Å². The molecule has 0 aliphatic carbocycles. The molecule has 0 aromatic carbocycles. The summed E-state index contributed by atoms with van der Waals surface area (Å²) >= 11 is 1.86. The molecule has 0 amide bonds. The van der Waals surface area contributed by atoms with Crippen molar-refractivity contribution in [2.45, 2.75) is 33.2 Å². The fourth-order valence-corrected chi connectivity index (χ4v) is 2.15. The van der Waals surface area contributed by atoms with Crippen LogP contribution in [0.3, 0.4) is 0 Å². The van der Waals surface area contributed by atoms with Gasteiger partial charge in [-0.05, 0) is 30.3 Å². The zero-order chi connectivity index (χ0) is 9.68. The molecule has 0 saturated carbocycles. The zero-order valence-corrected chi connectivity index (χ0v) is 9.53. The molecule has 0 fully saturated rings. The van der Waals surface area contributed by atoms with Gasteiger partial charge in [-0.2, -0.15) is 0 Å².